The molecule has 3 aromatic rings. The second kappa shape index (κ2) is 7.56. The number of nitrogens with one attached hydrogen (secondary N) is 2. The number of aromatic amines is 1. The van der Waals surface area contributed by atoms with Crippen LogP contribution in [0.3, 0.4) is 0 Å². The lowest BCUT2D eigenvalue weighted by Gasteiger charge is -2.17. The molecule has 1 aliphatic rings. The lowest BCUT2D eigenvalue weighted by Crippen LogP contribution is -2.27. The maximum Gasteiger partial charge on any atom is 0.253 e. The Bertz CT molecular complexity index is 1280. The van der Waals surface area contributed by atoms with Gasteiger partial charge in [-0.3, -0.25) is 9.10 Å². The van der Waals surface area contributed by atoms with Gasteiger partial charge in [-0.2, -0.15) is 0 Å². The van der Waals surface area contributed by atoms with Crippen molar-refractivity contribution in [2.75, 3.05) is 36.6 Å². The topological polar surface area (TPSA) is 101 Å². The van der Waals surface area contributed by atoms with Gasteiger partial charge in [-0.1, -0.05) is 0 Å². The Hall–Kier alpha value is -3.20. The van der Waals surface area contributed by atoms with Gasteiger partial charge in [0.1, 0.15) is 11.5 Å². The normalized spacial score (nSPS) is 13.4. The van der Waals surface area contributed by atoms with E-state index in [0.29, 0.717) is 47.8 Å². The molecule has 0 atom stereocenters. The zero-order valence-corrected chi connectivity index (χ0v) is 17.8. The van der Waals surface area contributed by atoms with E-state index in [-0.39, 0.29) is 5.56 Å². The van der Waals surface area contributed by atoms with Gasteiger partial charge in [-0.15, -0.1) is 0 Å². The van der Waals surface area contributed by atoms with Crippen LogP contribution in [-0.4, -0.2) is 40.4 Å². The fraction of sp³-hybridized carbons (Fsp3) is 0.286. The molecule has 4 rings (SSSR count). The fourth-order valence-corrected chi connectivity index (χ4v) is 4.75. The quantitative estimate of drug-likeness (QED) is 0.624. The number of pyridine rings is 1. The Kier molecular flexibility index (Phi) is 5.07. The molecule has 2 heterocycles. The number of ether oxygens (including phenoxy) is 2. The largest absolute Gasteiger partial charge is 0.496 e. The molecule has 1 aliphatic heterocycles. The molecule has 0 unspecified atom stereocenters. The minimum Gasteiger partial charge on any atom is -0.496 e. The smallest absolute Gasteiger partial charge is 0.253 e. The molecule has 2 aromatic carbocycles. The summed E-state index contributed by atoms with van der Waals surface area (Å²) < 4.78 is 36.0. The Labute approximate surface area is 174 Å². The van der Waals surface area contributed by atoms with E-state index in [4.69, 9.17) is 9.47 Å². The van der Waals surface area contributed by atoms with Gasteiger partial charge in [-0.05, 0) is 48.4 Å². The molecule has 1 aromatic heterocycles. The lowest BCUT2D eigenvalue weighted by molar-refractivity contribution is 0.409. The molecule has 0 aliphatic carbocycles. The Morgan fingerprint density at radius 2 is 1.83 bits per heavy atom. The minimum atomic E-state index is -3.28. The number of rotatable bonds is 6. The van der Waals surface area contributed by atoms with Crippen LogP contribution in [0.1, 0.15) is 11.1 Å². The predicted octanol–water partition coefficient (Wildman–Crippen LogP) is 2.48. The first-order valence-corrected chi connectivity index (χ1v) is 11.3. The van der Waals surface area contributed by atoms with Gasteiger partial charge >= 0.3 is 0 Å². The van der Waals surface area contributed by atoms with Crippen LogP contribution in [0.4, 0.5) is 11.4 Å². The summed E-state index contributed by atoms with van der Waals surface area (Å²) in [6.07, 6.45) is 1.87. The Morgan fingerprint density at radius 3 is 2.53 bits per heavy atom. The first-order valence-electron chi connectivity index (χ1n) is 9.43. The van der Waals surface area contributed by atoms with Gasteiger partial charge in [-0.25, -0.2) is 8.42 Å². The van der Waals surface area contributed by atoms with Crippen molar-refractivity contribution >= 4 is 32.3 Å². The van der Waals surface area contributed by atoms with Crippen molar-refractivity contribution in [1.82, 2.24) is 4.98 Å². The Balaban J connectivity index is 1.62. The van der Waals surface area contributed by atoms with E-state index < -0.39 is 10.0 Å². The van der Waals surface area contributed by atoms with Crippen molar-refractivity contribution in [3.8, 4) is 11.5 Å². The summed E-state index contributed by atoms with van der Waals surface area (Å²) in [6, 6.07) is 10.9. The number of nitrogens with zero attached hydrogens (tertiary/aromatic N) is 1. The summed E-state index contributed by atoms with van der Waals surface area (Å²) in [5, 5.41) is 4.01. The summed E-state index contributed by atoms with van der Waals surface area (Å²) in [5.74, 6) is 1.21. The number of methoxy groups -OCH3 is 2. The van der Waals surface area contributed by atoms with Crippen molar-refractivity contribution in [2.45, 2.75) is 13.0 Å². The molecule has 30 heavy (non-hydrogen) atoms. The first kappa shape index (κ1) is 20.1. The third kappa shape index (κ3) is 3.56. The molecular weight excluding hydrogens is 406 g/mol. The molecule has 0 radical (unpaired) electrons. The Morgan fingerprint density at radius 1 is 1.10 bits per heavy atom. The van der Waals surface area contributed by atoms with Crippen molar-refractivity contribution in [3.63, 3.8) is 0 Å². The molecule has 2 N–H and O–H groups in total. The number of sulfonamides is 1. The number of fused-ring (bicyclic) bond motifs is 2. The van der Waals surface area contributed by atoms with Gasteiger partial charge in [0.25, 0.3) is 5.56 Å². The van der Waals surface area contributed by atoms with Gasteiger partial charge in [0.05, 0.1) is 31.7 Å². The molecule has 8 nitrogen and oxygen atoms in total. The number of H-pyrrole nitrogens is 1. The van der Waals surface area contributed by atoms with Crippen LogP contribution in [0.25, 0.3) is 10.9 Å². The molecule has 158 valence electrons. The van der Waals surface area contributed by atoms with Gasteiger partial charge < -0.3 is 19.8 Å². The molecule has 0 saturated carbocycles. The minimum absolute atomic E-state index is 0.217. The first-order chi connectivity index (χ1) is 14.3. The van der Waals surface area contributed by atoms with Crippen molar-refractivity contribution in [3.05, 3.63) is 57.9 Å². The molecule has 9 heteroatoms. The van der Waals surface area contributed by atoms with Crippen LogP contribution < -0.4 is 24.7 Å². The molecular formula is C21H23N3O5S. The third-order valence-electron chi connectivity index (χ3n) is 5.27. The molecule has 0 amide bonds. The number of hydrogen-bond donors (Lipinski definition) is 2. The van der Waals surface area contributed by atoms with Crippen LogP contribution in [0.5, 0.6) is 11.5 Å². The maximum absolute atomic E-state index is 12.6. The zero-order valence-electron chi connectivity index (χ0n) is 17.0. The van der Waals surface area contributed by atoms with Gasteiger partial charge in [0, 0.05) is 29.7 Å². The average molecular weight is 429 g/mol. The highest BCUT2D eigenvalue weighted by Crippen LogP contribution is 2.33. The summed E-state index contributed by atoms with van der Waals surface area (Å²) in [5.41, 5.74) is 3.41. The highest BCUT2D eigenvalue weighted by molar-refractivity contribution is 7.92. The van der Waals surface area contributed by atoms with Crippen LogP contribution in [-0.2, 0) is 23.0 Å². The zero-order chi connectivity index (χ0) is 21.5. The number of aromatic nitrogens is 1. The van der Waals surface area contributed by atoms with E-state index in [9.17, 15) is 13.2 Å². The van der Waals surface area contributed by atoms with Gasteiger partial charge in [0.2, 0.25) is 10.0 Å². The molecule has 0 fully saturated rings. The van der Waals surface area contributed by atoms with Gasteiger partial charge in [0.15, 0.2) is 0 Å². The van der Waals surface area contributed by atoms with E-state index in [2.05, 4.69) is 10.3 Å². The summed E-state index contributed by atoms with van der Waals surface area (Å²) >= 11 is 0. The predicted molar refractivity (Wildman–Crippen MR) is 117 cm³/mol. The van der Waals surface area contributed by atoms with Crippen molar-refractivity contribution < 1.29 is 17.9 Å². The van der Waals surface area contributed by atoms with E-state index >= 15 is 0 Å². The highest BCUT2D eigenvalue weighted by Gasteiger charge is 2.26. The summed E-state index contributed by atoms with van der Waals surface area (Å²) in [7, 11) is -0.150. The van der Waals surface area contributed by atoms with Crippen LogP contribution in [0.2, 0.25) is 0 Å². The van der Waals surface area contributed by atoms with E-state index in [1.165, 1.54) is 10.6 Å². The number of anilines is 2. The summed E-state index contributed by atoms with van der Waals surface area (Å²) in [6.45, 7) is 0.754. The standard InChI is InChI=1S/C21H23N3O5S/c1-28-18-6-7-19(29-2)20-16(18)11-14(21(25)23-20)12-22-15-4-5-17-13(10-15)8-9-24(17)30(3,26)27/h4-7,10-11,22H,8-9,12H2,1-3H3,(H,23,25). The van der Waals surface area contributed by atoms with Crippen LogP contribution >= 0.6 is 0 Å². The maximum atomic E-state index is 12.6. The fourth-order valence-electron chi connectivity index (χ4n) is 3.79. The lowest BCUT2D eigenvalue weighted by atomic mass is 10.1. The monoisotopic (exact) mass is 429 g/mol. The molecule has 0 bridgehead atoms. The van der Waals surface area contributed by atoms with Crippen molar-refractivity contribution in [1.29, 1.82) is 0 Å². The number of hydrogen-bond acceptors (Lipinski definition) is 6. The molecule has 0 saturated heterocycles. The molecule has 0 spiro atoms. The van der Waals surface area contributed by atoms with E-state index in [0.717, 1.165) is 16.6 Å². The van der Waals surface area contributed by atoms with Crippen LogP contribution in [0, 0.1) is 0 Å². The number of benzene rings is 2. The van der Waals surface area contributed by atoms with E-state index in [1.54, 1.807) is 38.5 Å². The third-order valence-corrected chi connectivity index (χ3v) is 6.45. The second-order valence-electron chi connectivity index (χ2n) is 7.16. The van der Waals surface area contributed by atoms with Crippen LogP contribution in [0.15, 0.2) is 41.2 Å². The van der Waals surface area contributed by atoms with E-state index in [1.807, 2.05) is 12.1 Å². The average Bonchev–Trinajstić information content (AvgIpc) is 3.15. The highest BCUT2D eigenvalue weighted by atomic mass is 32.2. The summed E-state index contributed by atoms with van der Waals surface area (Å²) in [4.78, 5) is 15.5. The second-order valence-corrected chi connectivity index (χ2v) is 9.07. The SMILES string of the molecule is COc1ccc(OC)c2[nH]c(=O)c(CNc3ccc4c(c3)CCN4S(C)(=O)=O)cc12. The van der Waals surface area contributed by atoms with Crippen molar-refractivity contribution in [2.24, 2.45) is 0 Å².